The van der Waals surface area contributed by atoms with Crippen LogP contribution in [0.25, 0.3) is 5.57 Å². The van der Waals surface area contributed by atoms with Crippen molar-refractivity contribution < 1.29 is 0 Å². The van der Waals surface area contributed by atoms with Gasteiger partial charge >= 0.3 is 0 Å². The smallest absolute Gasteiger partial charge is 0.0678 e. The molecule has 0 aliphatic carbocycles. The summed E-state index contributed by atoms with van der Waals surface area (Å²) in [5.74, 6) is 0. The highest BCUT2D eigenvalue weighted by molar-refractivity contribution is 7.13. The van der Waals surface area contributed by atoms with Crippen molar-refractivity contribution in [3.63, 3.8) is 0 Å². The Bertz CT molecular complexity index is 362. The average molecular weight is 234 g/mol. The molecule has 3 heteroatoms. The van der Waals surface area contributed by atoms with Gasteiger partial charge in [-0.1, -0.05) is 24.4 Å². The highest BCUT2D eigenvalue weighted by Crippen LogP contribution is 2.29. The molecule has 0 nitrogen and oxygen atoms in total. The molecule has 0 aliphatic heterocycles. The van der Waals surface area contributed by atoms with Crippen molar-refractivity contribution in [1.82, 2.24) is 0 Å². The average Bonchev–Trinajstić information content (AvgIpc) is 2.87. The van der Waals surface area contributed by atoms with E-state index in [0.717, 1.165) is 9.52 Å². The molecule has 0 aliphatic rings. The molecule has 0 bridgehead atoms. The first-order chi connectivity index (χ1) is 6.92. The predicted molar refractivity (Wildman–Crippen MR) is 67.3 cm³/mol. The van der Waals surface area contributed by atoms with Gasteiger partial charge in [-0.05, 0) is 22.9 Å². The monoisotopic (exact) mass is 234 g/mol. The zero-order valence-corrected chi connectivity index (χ0v) is 10.5. The molecule has 0 atom stereocenters. The second-order valence-electron chi connectivity index (χ2n) is 2.80. The molecule has 0 N–H and O–H groups in total. The van der Waals surface area contributed by atoms with Crippen LogP contribution in [0, 0.1) is 0 Å². The van der Waals surface area contributed by atoms with E-state index in [1.165, 1.54) is 15.3 Å². The van der Waals surface area contributed by atoms with E-state index in [0.29, 0.717) is 0 Å². The first-order valence-electron chi connectivity index (χ1n) is 4.37. The Morgan fingerprint density at radius 1 is 1.14 bits per heavy atom. The molecular formula is C11H10S2Si. The van der Waals surface area contributed by atoms with Crippen LogP contribution in [0.5, 0.6) is 0 Å². The maximum atomic E-state index is 2.33. The second kappa shape index (κ2) is 4.73. The summed E-state index contributed by atoms with van der Waals surface area (Å²) in [5, 5.41) is 4.27. The van der Waals surface area contributed by atoms with Crippen LogP contribution in [0.3, 0.4) is 0 Å². The highest BCUT2D eigenvalue weighted by atomic mass is 32.1. The summed E-state index contributed by atoms with van der Waals surface area (Å²) in [6.45, 7) is 2.21. The van der Waals surface area contributed by atoms with Gasteiger partial charge in [0.2, 0.25) is 0 Å². The Hall–Kier alpha value is -0.643. The Labute approximate surface area is 94.7 Å². The summed E-state index contributed by atoms with van der Waals surface area (Å²) in [5.41, 5.74) is 3.73. The fourth-order valence-electron chi connectivity index (χ4n) is 1.27. The number of hydrogen-bond donors (Lipinski definition) is 0. The summed E-state index contributed by atoms with van der Waals surface area (Å²) in [6, 6.07) is 8.60. The van der Waals surface area contributed by atoms with Gasteiger partial charge in [-0.3, -0.25) is 0 Å². The van der Waals surface area contributed by atoms with E-state index in [4.69, 9.17) is 0 Å². The number of hydrogen-bond acceptors (Lipinski definition) is 2. The van der Waals surface area contributed by atoms with Crippen LogP contribution in [0.4, 0.5) is 0 Å². The topological polar surface area (TPSA) is 0 Å². The zero-order chi connectivity index (χ0) is 9.80. The van der Waals surface area contributed by atoms with Gasteiger partial charge in [-0.2, -0.15) is 0 Å². The van der Waals surface area contributed by atoms with Crippen LogP contribution < -0.4 is 0 Å². The molecule has 2 aromatic rings. The molecule has 0 unspecified atom stereocenters. The van der Waals surface area contributed by atoms with Crippen LogP contribution in [-0.4, -0.2) is 9.52 Å². The molecule has 2 radical (unpaired) electrons. The lowest BCUT2D eigenvalue weighted by Gasteiger charge is -2.00. The minimum atomic E-state index is 0.865. The maximum Gasteiger partial charge on any atom is 0.0678 e. The van der Waals surface area contributed by atoms with Gasteiger partial charge < -0.3 is 0 Å². The zero-order valence-electron chi connectivity index (χ0n) is 7.86. The summed E-state index contributed by atoms with van der Waals surface area (Å²) in [6.07, 6.45) is 0. The minimum Gasteiger partial charge on any atom is -0.144 e. The molecule has 0 saturated carbocycles. The van der Waals surface area contributed by atoms with E-state index in [1.807, 2.05) is 22.7 Å². The van der Waals surface area contributed by atoms with Gasteiger partial charge in [-0.25, -0.2) is 0 Å². The SMILES string of the molecule is C[Si]C=C(c1cccs1)c1cccs1. The van der Waals surface area contributed by atoms with Crippen molar-refractivity contribution in [3.8, 4) is 0 Å². The molecule has 2 heterocycles. The molecule has 70 valence electrons. The molecule has 0 fully saturated rings. The van der Waals surface area contributed by atoms with Crippen LogP contribution >= 0.6 is 22.7 Å². The fraction of sp³-hybridized carbons (Fsp3) is 0.0909. The Morgan fingerprint density at radius 3 is 2.07 bits per heavy atom. The molecule has 0 aromatic carbocycles. The Morgan fingerprint density at radius 2 is 1.71 bits per heavy atom. The third-order valence-electron chi connectivity index (χ3n) is 1.86. The molecule has 0 spiro atoms. The van der Waals surface area contributed by atoms with Gasteiger partial charge in [0, 0.05) is 15.3 Å². The fourth-order valence-corrected chi connectivity index (χ4v) is 3.66. The summed E-state index contributed by atoms with van der Waals surface area (Å²) >= 11 is 3.62. The van der Waals surface area contributed by atoms with E-state index in [1.54, 1.807) is 0 Å². The predicted octanol–water partition coefficient (Wildman–Crippen LogP) is 3.95. The summed E-state index contributed by atoms with van der Waals surface area (Å²) < 4.78 is 0. The first kappa shape index (κ1) is 9.89. The third-order valence-corrected chi connectivity index (χ3v) is 4.25. The van der Waals surface area contributed by atoms with Crippen LogP contribution in [0.15, 0.2) is 40.7 Å². The largest absolute Gasteiger partial charge is 0.144 e. The Kier molecular flexibility index (Phi) is 3.34. The van der Waals surface area contributed by atoms with Crippen molar-refractivity contribution in [1.29, 1.82) is 0 Å². The maximum absolute atomic E-state index is 2.33. The minimum absolute atomic E-state index is 0.865. The van der Waals surface area contributed by atoms with Crippen molar-refractivity contribution in [2.24, 2.45) is 0 Å². The third kappa shape index (κ3) is 2.05. The molecule has 0 amide bonds. The van der Waals surface area contributed by atoms with Gasteiger partial charge in [0.1, 0.15) is 0 Å². The van der Waals surface area contributed by atoms with Crippen LogP contribution in [0.2, 0.25) is 6.55 Å². The molecule has 2 rings (SSSR count). The van der Waals surface area contributed by atoms with Gasteiger partial charge in [-0.15, -0.1) is 22.7 Å². The number of rotatable bonds is 3. The van der Waals surface area contributed by atoms with Crippen molar-refractivity contribution in [2.45, 2.75) is 6.55 Å². The second-order valence-corrected chi connectivity index (χ2v) is 5.56. The van der Waals surface area contributed by atoms with E-state index in [9.17, 15) is 0 Å². The standard InChI is InChI=1S/C11H10S2Si/c1-14-8-9(10-4-2-6-12-10)11-5-3-7-13-11/h2-8H,1H3. The van der Waals surface area contributed by atoms with Crippen LogP contribution in [-0.2, 0) is 0 Å². The van der Waals surface area contributed by atoms with Crippen LogP contribution in [0.1, 0.15) is 9.75 Å². The van der Waals surface area contributed by atoms with E-state index < -0.39 is 0 Å². The number of thiophene rings is 2. The lowest BCUT2D eigenvalue weighted by atomic mass is 10.2. The Balaban J connectivity index is 2.40. The van der Waals surface area contributed by atoms with Crippen molar-refractivity contribution in [2.75, 3.05) is 0 Å². The lowest BCUT2D eigenvalue weighted by molar-refractivity contribution is 1.80. The molecular weight excluding hydrogens is 224 g/mol. The van der Waals surface area contributed by atoms with Crippen molar-refractivity contribution >= 4 is 37.8 Å². The van der Waals surface area contributed by atoms with Gasteiger partial charge in [0.05, 0.1) is 9.52 Å². The normalized spacial score (nSPS) is 10.1. The molecule has 14 heavy (non-hydrogen) atoms. The van der Waals surface area contributed by atoms with Crippen molar-refractivity contribution in [3.05, 3.63) is 50.5 Å². The van der Waals surface area contributed by atoms with E-state index in [2.05, 4.69) is 47.3 Å². The first-order valence-corrected chi connectivity index (χ1v) is 7.70. The van der Waals surface area contributed by atoms with E-state index >= 15 is 0 Å². The highest BCUT2D eigenvalue weighted by Gasteiger charge is 2.05. The molecule has 2 aromatic heterocycles. The van der Waals surface area contributed by atoms with Gasteiger partial charge in [0.25, 0.3) is 0 Å². The summed E-state index contributed by atoms with van der Waals surface area (Å²) in [7, 11) is 0.865. The lowest BCUT2D eigenvalue weighted by Crippen LogP contribution is -1.83. The quantitative estimate of drug-likeness (QED) is 0.705. The summed E-state index contributed by atoms with van der Waals surface area (Å²) in [4.78, 5) is 2.75. The molecule has 0 saturated heterocycles. The van der Waals surface area contributed by atoms with Gasteiger partial charge in [0.15, 0.2) is 0 Å². The van der Waals surface area contributed by atoms with E-state index in [-0.39, 0.29) is 0 Å².